The van der Waals surface area contributed by atoms with Crippen molar-refractivity contribution in [1.82, 2.24) is 4.90 Å². The lowest BCUT2D eigenvalue weighted by Gasteiger charge is -2.22. The molecule has 0 fully saturated rings. The molecule has 1 heterocycles. The van der Waals surface area contributed by atoms with Gasteiger partial charge in [-0.25, -0.2) is 0 Å². The van der Waals surface area contributed by atoms with Gasteiger partial charge in [-0.2, -0.15) is 0 Å². The fourth-order valence-electron chi connectivity index (χ4n) is 2.74. The van der Waals surface area contributed by atoms with Crippen LogP contribution in [0.3, 0.4) is 0 Å². The molecule has 3 rings (SSSR count). The van der Waals surface area contributed by atoms with Crippen LogP contribution < -0.4 is 15.2 Å². The van der Waals surface area contributed by atoms with Crippen molar-refractivity contribution < 1.29 is 9.47 Å². The SMILES string of the molecule is Cl.NCCN(CCc1ccccc1)Cc1cccc2c1OCO2. The molecule has 2 aromatic carbocycles. The second-order valence-corrected chi connectivity index (χ2v) is 5.45. The molecule has 124 valence electrons. The Bertz CT molecular complexity index is 607. The Balaban J connectivity index is 0.00000192. The molecule has 2 N–H and O–H groups in total. The van der Waals surface area contributed by atoms with E-state index in [0.29, 0.717) is 13.3 Å². The van der Waals surface area contributed by atoms with Gasteiger partial charge in [0.1, 0.15) is 0 Å². The molecule has 0 radical (unpaired) electrons. The molecule has 23 heavy (non-hydrogen) atoms. The van der Waals surface area contributed by atoms with Gasteiger partial charge in [-0.1, -0.05) is 42.5 Å². The van der Waals surface area contributed by atoms with Crippen molar-refractivity contribution >= 4 is 12.4 Å². The zero-order chi connectivity index (χ0) is 15.2. The van der Waals surface area contributed by atoms with Crippen LogP contribution in [0.15, 0.2) is 48.5 Å². The molecule has 1 aliphatic rings. The van der Waals surface area contributed by atoms with Gasteiger partial charge in [0.05, 0.1) is 0 Å². The van der Waals surface area contributed by atoms with Gasteiger partial charge in [-0.3, -0.25) is 4.90 Å². The van der Waals surface area contributed by atoms with Gasteiger partial charge in [0.2, 0.25) is 6.79 Å². The fourth-order valence-corrected chi connectivity index (χ4v) is 2.74. The Morgan fingerprint density at radius 3 is 2.57 bits per heavy atom. The van der Waals surface area contributed by atoms with Crippen LogP contribution in [0, 0.1) is 0 Å². The molecule has 0 aliphatic carbocycles. The molecule has 0 bridgehead atoms. The summed E-state index contributed by atoms with van der Waals surface area (Å²) in [5.74, 6) is 1.72. The van der Waals surface area contributed by atoms with Crippen molar-refractivity contribution in [1.29, 1.82) is 0 Å². The van der Waals surface area contributed by atoms with E-state index in [1.54, 1.807) is 0 Å². The summed E-state index contributed by atoms with van der Waals surface area (Å²) in [5.41, 5.74) is 8.28. The average Bonchev–Trinajstić information content (AvgIpc) is 3.03. The van der Waals surface area contributed by atoms with E-state index in [0.717, 1.165) is 43.1 Å². The van der Waals surface area contributed by atoms with Crippen LogP contribution in [-0.4, -0.2) is 31.3 Å². The normalized spacial score (nSPS) is 12.3. The number of ether oxygens (including phenoxy) is 2. The van der Waals surface area contributed by atoms with Crippen LogP contribution >= 0.6 is 12.4 Å². The van der Waals surface area contributed by atoms with Crippen LogP contribution in [0.2, 0.25) is 0 Å². The second-order valence-electron chi connectivity index (χ2n) is 5.45. The molecule has 5 heteroatoms. The molecule has 0 saturated heterocycles. The van der Waals surface area contributed by atoms with E-state index in [2.05, 4.69) is 35.2 Å². The van der Waals surface area contributed by atoms with Gasteiger partial charge in [0.25, 0.3) is 0 Å². The van der Waals surface area contributed by atoms with Crippen LogP contribution in [0.1, 0.15) is 11.1 Å². The highest BCUT2D eigenvalue weighted by molar-refractivity contribution is 5.85. The van der Waals surface area contributed by atoms with Gasteiger partial charge >= 0.3 is 0 Å². The maximum atomic E-state index is 5.77. The summed E-state index contributed by atoms with van der Waals surface area (Å²) in [7, 11) is 0. The summed E-state index contributed by atoms with van der Waals surface area (Å²) in [4.78, 5) is 2.37. The Morgan fingerprint density at radius 2 is 1.78 bits per heavy atom. The number of benzene rings is 2. The number of hydrogen-bond donors (Lipinski definition) is 1. The van der Waals surface area contributed by atoms with E-state index in [1.807, 2.05) is 18.2 Å². The first kappa shape index (κ1) is 17.6. The number of nitrogens with zero attached hydrogens (tertiary/aromatic N) is 1. The maximum absolute atomic E-state index is 5.77. The number of nitrogens with two attached hydrogens (primary N) is 1. The minimum Gasteiger partial charge on any atom is -0.454 e. The Morgan fingerprint density at radius 1 is 0.957 bits per heavy atom. The summed E-state index contributed by atoms with van der Waals surface area (Å²) in [5, 5.41) is 0. The highest BCUT2D eigenvalue weighted by Gasteiger charge is 2.18. The van der Waals surface area contributed by atoms with Crippen LogP contribution in [0.5, 0.6) is 11.5 Å². The van der Waals surface area contributed by atoms with Crippen molar-refractivity contribution in [2.75, 3.05) is 26.4 Å². The lowest BCUT2D eigenvalue weighted by atomic mass is 10.1. The van der Waals surface area contributed by atoms with Gasteiger partial charge in [0, 0.05) is 31.7 Å². The van der Waals surface area contributed by atoms with Crippen molar-refractivity contribution in [2.24, 2.45) is 5.73 Å². The van der Waals surface area contributed by atoms with E-state index < -0.39 is 0 Å². The molecule has 2 aromatic rings. The molecular weight excluding hydrogens is 312 g/mol. The van der Waals surface area contributed by atoms with Crippen molar-refractivity contribution in [3.63, 3.8) is 0 Å². The largest absolute Gasteiger partial charge is 0.454 e. The van der Waals surface area contributed by atoms with Crippen LogP contribution in [0.4, 0.5) is 0 Å². The van der Waals surface area contributed by atoms with Gasteiger partial charge in [0.15, 0.2) is 11.5 Å². The molecule has 0 saturated carbocycles. The van der Waals surface area contributed by atoms with Gasteiger partial charge in [-0.15, -0.1) is 12.4 Å². The molecule has 0 unspecified atom stereocenters. The predicted molar refractivity (Wildman–Crippen MR) is 94.3 cm³/mol. The maximum Gasteiger partial charge on any atom is 0.231 e. The summed E-state index contributed by atoms with van der Waals surface area (Å²) in [6, 6.07) is 16.6. The first-order valence-electron chi connectivity index (χ1n) is 7.70. The monoisotopic (exact) mass is 334 g/mol. The summed E-state index contributed by atoms with van der Waals surface area (Å²) in [6.45, 7) is 3.65. The Labute approximate surface area is 143 Å². The zero-order valence-electron chi connectivity index (χ0n) is 13.1. The average molecular weight is 335 g/mol. The first-order valence-corrected chi connectivity index (χ1v) is 7.70. The first-order chi connectivity index (χ1) is 10.9. The van der Waals surface area contributed by atoms with Crippen LogP contribution in [-0.2, 0) is 13.0 Å². The fraction of sp³-hybridized carbons (Fsp3) is 0.333. The van der Waals surface area contributed by atoms with E-state index >= 15 is 0 Å². The molecule has 0 amide bonds. The third-order valence-corrected chi connectivity index (χ3v) is 3.88. The van der Waals surface area contributed by atoms with Crippen molar-refractivity contribution in [3.8, 4) is 11.5 Å². The number of halogens is 1. The number of para-hydroxylation sites is 1. The van der Waals surface area contributed by atoms with E-state index in [9.17, 15) is 0 Å². The Hall–Kier alpha value is -1.75. The third-order valence-electron chi connectivity index (χ3n) is 3.88. The second kappa shape index (κ2) is 8.77. The highest BCUT2D eigenvalue weighted by Crippen LogP contribution is 2.35. The summed E-state index contributed by atoms with van der Waals surface area (Å²) < 4.78 is 11.0. The molecule has 4 nitrogen and oxygen atoms in total. The van der Waals surface area contributed by atoms with Crippen molar-refractivity contribution in [3.05, 3.63) is 59.7 Å². The predicted octanol–water partition coefficient (Wildman–Crippen LogP) is 2.84. The molecule has 1 aliphatic heterocycles. The van der Waals surface area contributed by atoms with E-state index in [4.69, 9.17) is 15.2 Å². The summed E-state index contributed by atoms with van der Waals surface area (Å²) >= 11 is 0. The Kier molecular flexibility index (Phi) is 6.71. The standard InChI is InChI=1S/C18H22N2O2.ClH/c19-10-12-20(11-9-15-5-2-1-3-6-15)13-16-7-4-8-17-18(16)22-14-21-17;/h1-8H,9-14,19H2;1H. The number of hydrogen-bond acceptors (Lipinski definition) is 4. The van der Waals surface area contributed by atoms with Gasteiger partial charge < -0.3 is 15.2 Å². The van der Waals surface area contributed by atoms with Gasteiger partial charge in [-0.05, 0) is 18.1 Å². The van der Waals surface area contributed by atoms with E-state index in [1.165, 1.54) is 5.56 Å². The summed E-state index contributed by atoms with van der Waals surface area (Å²) in [6.07, 6.45) is 1.02. The minimum absolute atomic E-state index is 0. The lowest BCUT2D eigenvalue weighted by molar-refractivity contribution is 0.172. The number of rotatable bonds is 7. The molecular formula is C18H23ClN2O2. The molecule has 0 spiro atoms. The van der Waals surface area contributed by atoms with Crippen LogP contribution in [0.25, 0.3) is 0 Å². The lowest BCUT2D eigenvalue weighted by Crippen LogP contribution is -2.31. The molecule has 0 aromatic heterocycles. The minimum atomic E-state index is 0. The molecule has 0 atom stereocenters. The smallest absolute Gasteiger partial charge is 0.231 e. The van der Waals surface area contributed by atoms with E-state index in [-0.39, 0.29) is 12.4 Å². The highest BCUT2D eigenvalue weighted by atomic mass is 35.5. The van der Waals surface area contributed by atoms with Crippen molar-refractivity contribution in [2.45, 2.75) is 13.0 Å². The zero-order valence-corrected chi connectivity index (χ0v) is 13.9. The number of fused-ring (bicyclic) bond motifs is 1. The third kappa shape index (κ3) is 4.61. The topological polar surface area (TPSA) is 47.7 Å². The quantitative estimate of drug-likeness (QED) is 0.846.